The Kier molecular flexibility index (Phi) is 4.29. The van der Waals surface area contributed by atoms with E-state index in [2.05, 4.69) is 19.2 Å². The van der Waals surface area contributed by atoms with Crippen molar-refractivity contribution in [3.05, 3.63) is 52.2 Å². The molecular formula is C25H29NO2S. The zero-order chi connectivity index (χ0) is 20.3. The van der Waals surface area contributed by atoms with Crippen LogP contribution in [0.15, 0.2) is 41.8 Å². The van der Waals surface area contributed by atoms with Crippen LogP contribution in [-0.2, 0) is 4.79 Å². The molecule has 4 bridgehead atoms. The zero-order valence-corrected chi connectivity index (χ0v) is 18.1. The van der Waals surface area contributed by atoms with Crippen molar-refractivity contribution in [3.63, 3.8) is 0 Å². The quantitative estimate of drug-likeness (QED) is 0.591. The molecule has 4 saturated carbocycles. The Bertz CT molecular complexity index is 928. The predicted octanol–water partition coefficient (Wildman–Crippen LogP) is 6.30. The molecule has 6 rings (SSSR count). The summed E-state index contributed by atoms with van der Waals surface area (Å²) in [7, 11) is 0. The first-order valence-corrected chi connectivity index (χ1v) is 11.6. The fraction of sp³-hybridized carbons (Fsp3) is 0.520. The highest BCUT2D eigenvalue weighted by Gasteiger charge is 2.60. The van der Waals surface area contributed by atoms with E-state index >= 15 is 0 Å². The van der Waals surface area contributed by atoms with Gasteiger partial charge in [0.15, 0.2) is 0 Å². The minimum Gasteiger partial charge on any atom is -0.326 e. The highest BCUT2D eigenvalue weighted by atomic mass is 32.1. The standard InChI is InChI=1S/C25H29NO2S/c1-23-10-17-11-24(2,14-23)16-25(12-17,15-23)13-21(27)26-19-7-5-18(6-8-19)22(28)20-4-3-9-29-20/h3-9,17H,10-16H2,1-2H3,(H,26,27). The Morgan fingerprint density at radius 2 is 1.69 bits per heavy atom. The second-order valence-corrected chi connectivity index (χ2v) is 11.7. The van der Waals surface area contributed by atoms with E-state index in [9.17, 15) is 9.59 Å². The molecule has 4 aliphatic rings. The lowest BCUT2D eigenvalue weighted by Gasteiger charge is -2.65. The van der Waals surface area contributed by atoms with Gasteiger partial charge in [0.05, 0.1) is 4.88 Å². The van der Waals surface area contributed by atoms with E-state index < -0.39 is 0 Å². The minimum absolute atomic E-state index is 0.0351. The first-order valence-electron chi connectivity index (χ1n) is 10.7. The van der Waals surface area contributed by atoms with Gasteiger partial charge in [-0.05, 0) is 96.4 Å². The van der Waals surface area contributed by atoms with Gasteiger partial charge < -0.3 is 5.32 Å². The number of amides is 1. The van der Waals surface area contributed by atoms with Crippen LogP contribution in [0.2, 0.25) is 0 Å². The van der Waals surface area contributed by atoms with Crippen molar-refractivity contribution in [2.45, 2.75) is 58.8 Å². The number of carbonyl (C=O) groups excluding carboxylic acids is 2. The van der Waals surface area contributed by atoms with Gasteiger partial charge in [-0.3, -0.25) is 9.59 Å². The van der Waals surface area contributed by atoms with Gasteiger partial charge in [0.2, 0.25) is 11.7 Å². The maximum Gasteiger partial charge on any atom is 0.224 e. The number of rotatable bonds is 5. The summed E-state index contributed by atoms with van der Waals surface area (Å²) in [6, 6.07) is 11.0. The van der Waals surface area contributed by atoms with Crippen LogP contribution in [-0.4, -0.2) is 11.7 Å². The van der Waals surface area contributed by atoms with Gasteiger partial charge in [0.1, 0.15) is 0 Å². The third kappa shape index (κ3) is 3.56. The second kappa shape index (κ2) is 6.53. The lowest BCUT2D eigenvalue weighted by atomic mass is 9.40. The van der Waals surface area contributed by atoms with Gasteiger partial charge in [-0.1, -0.05) is 19.9 Å². The number of ketones is 1. The summed E-state index contributed by atoms with van der Waals surface area (Å²) in [4.78, 5) is 26.1. The molecule has 1 N–H and O–H groups in total. The second-order valence-electron chi connectivity index (χ2n) is 10.7. The van der Waals surface area contributed by atoms with E-state index in [1.807, 2.05) is 41.8 Å². The average molecular weight is 408 g/mol. The Morgan fingerprint density at radius 3 is 2.28 bits per heavy atom. The third-order valence-corrected chi connectivity index (χ3v) is 8.32. The summed E-state index contributed by atoms with van der Waals surface area (Å²) in [6.07, 6.45) is 8.29. The van der Waals surface area contributed by atoms with Crippen LogP contribution < -0.4 is 5.32 Å². The molecule has 29 heavy (non-hydrogen) atoms. The molecule has 0 spiro atoms. The summed E-state index contributed by atoms with van der Waals surface area (Å²) < 4.78 is 0. The normalized spacial score (nSPS) is 34.9. The zero-order valence-electron chi connectivity index (χ0n) is 17.3. The summed E-state index contributed by atoms with van der Waals surface area (Å²) in [5, 5.41) is 5.01. The van der Waals surface area contributed by atoms with Crippen LogP contribution in [0.25, 0.3) is 0 Å². The maximum atomic E-state index is 12.9. The Hall–Kier alpha value is -1.94. The number of thiophene rings is 1. The maximum absolute atomic E-state index is 12.9. The molecule has 4 fully saturated rings. The topological polar surface area (TPSA) is 46.2 Å². The number of hydrogen-bond acceptors (Lipinski definition) is 3. The molecule has 3 nitrogen and oxygen atoms in total. The first kappa shape index (κ1) is 19.0. The molecule has 0 saturated heterocycles. The predicted molar refractivity (Wildman–Crippen MR) is 117 cm³/mol. The van der Waals surface area contributed by atoms with Gasteiger partial charge >= 0.3 is 0 Å². The SMILES string of the molecule is CC12CC3CC(C)(C1)CC(CC(=O)Nc1ccc(C(=O)c4cccs4)cc1)(C3)C2. The monoisotopic (exact) mass is 407 g/mol. The van der Waals surface area contributed by atoms with E-state index in [0.717, 1.165) is 16.5 Å². The minimum atomic E-state index is 0.0351. The van der Waals surface area contributed by atoms with Gasteiger partial charge in [0.25, 0.3) is 0 Å². The van der Waals surface area contributed by atoms with Crippen molar-refractivity contribution in [1.29, 1.82) is 0 Å². The summed E-state index contributed by atoms with van der Waals surface area (Å²) in [5.74, 6) is 0.959. The molecule has 1 aromatic heterocycles. The number of benzene rings is 1. The molecule has 2 atom stereocenters. The lowest BCUT2D eigenvalue weighted by Crippen LogP contribution is -2.55. The number of carbonyl (C=O) groups is 2. The molecule has 1 heterocycles. The molecule has 0 radical (unpaired) electrons. The van der Waals surface area contributed by atoms with Crippen LogP contribution in [0.4, 0.5) is 5.69 Å². The molecule has 2 unspecified atom stereocenters. The van der Waals surface area contributed by atoms with Crippen molar-refractivity contribution < 1.29 is 9.59 Å². The number of hydrogen-bond donors (Lipinski definition) is 1. The summed E-state index contributed by atoms with van der Waals surface area (Å²) in [5.41, 5.74) is 2.48. The fourth-order valence-electron chi connectivity index (χ4n) is 7.68. The van der Waals surface area contributed by atoms with Crippen molar-refractivity contribution in [2.75, 3.05) is 5.32 Å². The highest BCUT2D eigenvalue weighted by Crippen LogP contribution is 2.70. The van der Waals surface area contributed by atoms with Gasteiger partial charge in [-0.2, -0.15) is 0 Å². The Labute approximate surface area is 176 Å². The molecule has 1 amide bonds. The number of nitrogens with one attached hydrogen (secondary N) is 1. The lowest BCUT2D eigenvalue weighted by molar-refractivity contribution is -0.153. The van der Waals surface area contributed by atoms with E-state index in [1.54, 1.807) is 0 Å². The van der Waals surface area contributed by atoms with Crippen LogP contribution in [0.5, 0.6) is 0 Å². The first-order chi connectivity index (χ1) is 13.8. The molecular weight excluding hydrogens is 378 g/mol. The van der Waals surface area contributed by atoms with Crippen LogP contribution in [0.3, 0.4) is 0 Å². The van der Waals surface area contributed by atoms with Crippen LogP contribution in [0.1, 0.15) is 74.0 Å². The molecule has 0 aliphatic heterocycles. The van der Waals surface area contributed by atoms with Crippen molar-refractivity contribution in [3.8, 4) is 0 Å². The van der Waals surface area contributed by atoms with Crippen molar-refractivity contribution in [2.24, 2.45) is 22.2 Å². The Balaban J connectivity index is 1.26. The molecule has 152 valence electrons. The average Bonchev–Trinajstić information content (AvgIpc) is 3.12. The van der Waals surface area contributed by atoms with Crippen molar-refractivity contribution >= 4 is 28.7 Å². The Morgan fingerprint density at radius 1 is 1.00 bits per heavy atom. The van der Waals surface area contributed by atoms with Crippen molar-refractivity contribution in [1.82, 2.24) is 0 Å². The fourth-order valence-corrected chi connectivity index (χ4v) is 8.37. The van der Waals surface area contributed by atoms with Gasteiger partial charge in [-0.15, -0.1) is 11.3 Å². The molecule has 1 aromatic carbocycles. The highest BCUT2D eigenvalue weighted by molar-refractivity contribution is 7.12. The van der Waals surface area contributed by atoms with Gasteiger partial charge in [0, 0.05) is 17.7 Å². The number of anilines is 1. The smallest absolute Gasteiger partial charge is 0.224 e. The molecule has 4 heteroatoms. The van der Waals surface area contributed by atoms with Crippen LogP contribution >= 0.6 is 11.3 Å². The van der Waals surface area contributed by atoms with Crippen LogP contribution in [0, 0.1) is 22.2 Å². The molecule has 2 aromatic rings. The summed E-state index contributed by atoms with van der Waals surface area (Å²) >= 11 is 1.45. The van der Waals surface area contributed by atoms with E-state index in [4.69, 9.17) is 0 Å². The third-order valence-electron chi connectivity index (χ3n) is 7.45. The molecule has 4 aliphatic carbocycles. The van der Waals surface area contributed by atoms with E-state index in [0.29, 0.717) is 22.8 Å². The van der Waals surface area contributed by atoms with E-state index in [-0.39, 0.29) is 17.1 Å². The summed E-state index contributed by atoms with van der Waals surface area (Å²) in [6.45, 7) is 4.90. The van der Waals surface area contributed by atoms with Gasteiger partial charge in [-0.25, -0.2) is 0 Å². The largest absolute Gasteiger partial charge is 0.326 e. The van der Waals surface area contributed by atoms with E-state index in [1.165, 1.54) is 49.9 Å².